The summed E-state index contributed by atoms with van der Waals surface area (Å²) in [6.45, 7) is 1.67. The SMILES string of the molecule is O=C(N[C@H]1CCC[C@@H](Nc2cncc(-c3cn(SI)c4c(F)cc(F)cc34)n2)C1)N1CCCC1. The normalized spacial score (nSPS) is 20.6. The third-order valence-electron chi connectivity index (χ3n) is 6.52. The lowest BCUT2D eigenvalue weighted by molar-refractivity contribution is 0.200. The molecule has 2 aliphatic rings. The number of carbonyl (C=O) groups excluding carboxylic acids is 1. The highest BCUT2D eigenvalue weighted by Crippen LogP contribution is 2.36. The molecule has 1 aliphatic carbocycles. The van der Waals surface area contributed by atoms with Crippen molar-refractivity contribution in [3.8, 4) is 11.3 Å². The van der Waals surface area contributed by atoms with Crippen LogP contribution in [0, 0.1) is 11.6 Å². The van der Waals surface area contributed by atoms with Gasteiger partial charge in [-0.25, -0.2) is 18.6 Å². The zero-order valence-electron chi connectivity index (χ0n) is 18.4. The zero-order chi connectivity index (χ0) is 23.7. The Hall–Kier alpha value is -2.15. The van der Waals surface area contributed by atoms with E-state index in [1.165, 1.54) is 15.2 Å². The highest BCUT2D eigenvalue weighted by atomic mass is 127. The number of aromatic nitrogens is 3. The number of hydrogen-bond acceptors (Lipinski definition) is 5. The molecule has 180 valence electrons. The van der Waals surface area contributed by atoms with Crippen LogP contribution in [0.5, 0.6) is 0 Å². The van der Waals surface area contributed by atoms with Gasteiger partial charge >= 0.3 is 6.03 Å². The molecule has 2 amide bonds. The number of halogens is 3. The Morgan fingerprint density at radius 1 is 1.12 bits per heavy atom. The minimum Gasteiger partial charge on any atom is -0.366 e. The Bertz CT molecular complexity index is 1200. The van der Waals surface area contributed by atoms with E-state index in [1.54, 1.807) is 22.6 Å². The molecule has 1 saturated carbocycles. The first-order chi connectivity index (χ1) is 16.5. The van der Waals surface area contributed by atoms with Crippen molar-refractivity contribution >= 4 is 53.1 Å². The third kappa shape index (κ3) is 4.95. The average Bonchev–Trinajstić information content (AvgIpc) is 3.48. The molecular formula is C23H25F2IN6OS. The molecule has 1 aliphatic heterocycles. The van der Waals surface area contributed by atoms with Gasteiger partial charge in [0, 0.05) is 78.7 Å². The van der Waals surface area contributed by atoms with Gasteiger partial charge in [0.05, 0.1) is 23.6 Å². The summed E-state index contributed by atoms with van der Waals surface area (Å²) in [5.74, 6) is -0.639. The fourth-order valence-corrected chi connectivity index (χ4v) is 6.25. The van der Waals surface area contributed by atoms with E-state index < -0.39 is 11.6 Å². The van der Waals surface area contributed by atoms with E-state index in [2.05, 4.69) is 36.8 Å². The van der Waals surface area contributed by atoms with Gasteiger partial charge in [-0.1, -0.05) is 0 Å². The predicted molar refractivity (Wildman–Crippen MR) is 139 cm³/mol. The largest absolute Gasteiger partial charge is 0.366 e. The van der Waals surface area contributed by atoms with E-state index in [0.717, 1.165) is 57.7 Å². The fraction of sp³-hybridized carbons (Fsp3) is 0.435. The van der Waals surface area contributed by atoms with Crippen LogP contribution >= 0.6 is 30.3 Å². The number of likely N-dealkylation sites (tertiary alicyclic amines) is 1. The van der Waals surface area contributed by atoms with E-state index in [-0.39, 0.29) is 18.1 Å². The summed E-state index contributed by atoms with van der Waals surface area (Å²) in [7, 11) is 1.30. The number of fused-ring (bicyclic) bond motifs is 1. The van der Waals surface area contributed by atoms with E-state index in [1.807, 2.05) is 4.90 Å². The molecule has 0 radical (unpaired) electrons. The first-order valence-corrected chi connectivity index (χ1v) is 14.8. The van der Waals surface area contributed by atoms with Crippen LogP contribution in [0.1, 0.15) is 38.5 Å². The van der Waals surface area contributed by atoms with Crippen molar-refractivity contribution in [2.75, 3.05) is 18.4 Å². The number of nitrogens with one attached hydrogen (secondary N) is 2. The maximum Gasteiger partial charge on any atom is 0.317 e. The summed E-state index contributed by atoms with van der Waals surface area (Å²) in [6, 6.07) is 2.53. The van der Waals surface area contributed by atoms with Crippen LogP contribution in [0.3, 0.4) is 0 Å². The van der Waals surface area contributed by atoms with Crippen molar-refractivity contribution in [3.05, 3.63) is 42.4 Å². The van der Waals surface area contributed by atoms with E-state index in [9.17, 15) is 13.6 Å². The molecule has 11 heteroatoms. The molecule has 2 fully saturated rings. The smallest absolute Gasteiger partial charge is 0.317 e. The van der Waals surface area contributed by atoms with Gasteiger partial charge in [0.15, 0.2) is 5.82 Å². The van der Waals surface area contributed by atoms with Gasteiger partial charge in [-0.2, -0.15) is 0 Å². The number of nitrogens with zero attached hydrogens (tertiary/aromatic N) is 4. The molecule has 0 spiro atoms. The lowest BCUT2D eigenvalue weighted by atomic mass is 9.91. The molecule has 2 atom stereocenters. The van der Waals surface area contributed by atoms with Gasteiger partial charge in [0.25, 0.3) is 0 Å². The lowest BCUT2D eigenvalue weighted by Gasteiger charge is -2.31. The molecule has 0 bridgehead atoms. The molecule has 2 aromatic heterocycles. The standard InChI is InChI=1S/C23H25F2IN6OS/c24-14-8-17-18(13-32(34-26)22(17)19(25)9-14)20-11-27-12-21(30-20)28-15-4-3-5-16(10-15)29-23(33)31-6-1-2-7-31/h8-9,11-13,15-16H,1-7,10H2,(H,28,30)(H,29,33)/t15-,16+/m1/s1. The fourth-order valence-electron chi connectivity index (χ4n) is 4.92. The van der Waals surface area contributed by atoms with Gasteiger partial charge < -0.3 is 15.5 Å². The van der Waals surface area contributed by atoms with Crippen LogP contribution in [-0.2, 0) is 0 Å². The van der Waals surface area contributed by atoms with Crippen LogP contribution in [0.15, 0.2) is 30.7 Å². The van der Waals surface area contributed by atoms with E-state index >= 15 is 0 Å². The number of amides is 2. The number of hydrogen-bond donors (Lipinski definition) is 2. The Labute approximate surface area is 212 Å². The number of anilines is 1. The van der Waals surface area contributed by atoms with Crippen LogP contribution in [0.25, 0.3) is 22.2 Å². The molecule has 7 nitrogen and oxygen atoms in total. The molecule has 3 aromatic rings. The van der Waals surface area contributed by atoms with Gasteiger partial charge in [-0.15, -0.1) is 0 Å². The molecule has 1 aromatic carbocycles. The second kappa shape index (κ2) is 10.2. The molecule has 1 saturated heterocycles. The van der Waals surface area contributed by atoms with Crippen molar-refractivity contribution in [2.24, 2.45) is 0 Å². The molecule has 34 heavy (non-hydrogen) atoms. The maximum absolute atomic E-state index is 14.5. The third-order valence-corrected chi connectivity index (χ3v) is 8.23. The maximum atomic E-state index is 14.5. The van der Waals surface area contributed by atoms with Gasteiger partial charge in [0.2, 0.25) is 0 Å². The summed E-state index contributed by atoms with van der Waals surface area (Å²) < 4.78 is 30.1. The van der Waals surface area contributed by atoms with Gasteiger partial charge in [0.1, 0.15) is 11.6 Å². The zero-order valence-corrected chi connectivity index (χ0v) is 21.4. The van der Waals surface area contributed by atoms with Gasteiger partial charge in [-0.3, -0.25) is 8.96 Å². The van der Waals surface area contributed by atoms with Crippen LogP contribution in [-0.4, -0.2) is 50.0 Å². The van der Waals surface area contributed by atoms with Crippen molar-refractivity contribution in [1.82, 2.24) is 24.2 Å². The summed E-state index contributed by atoms with van der Waals surface area (Å²) in [5, 5.41) is 7.10. The Morgan fingerprint density at radius 2 is 1.91 bits per heavy atom. The Kier molecular flexibility index (Phi) is 7.09. The molecule has 2 N–H and O–H groups in total. The van der Waals surface area contributed by atoms with Crippen LogP contribution < -0.4 is 10.6 Å². The Morgan fingerprint density at radius 3 is 2.71 bits per heavy atom. The second-order valence-corrected chi connectivity index (χ2v) is 10.6. The predicted octanol–water partition coefficient (Wildman–Crippen LogP) is 5.75. The van der Waals surface area contributed by atoms with Crippen molar-refractivity contribution in [3.63, 3.8) is 0 Å². The first-order valence-electron chi connectivity index (χ1n) is 11.5. The van der Waals surface area contributed by atoms with Gasteiger partial charge in [-0.05, 0) is 44.6 Å². The van der Waals surface area contributed by atoms with Crippen LogP contribution in [0.2, 0.25) is 0 Å². The topological polar surface area (TPSA) is 75.1 Å². The minimum atomic E-state index is -0.631. The second-order valence-electron chi connectivity index (χ2n) is 8.86. The molecule has 5 rings (SSSR count). The van der Waals surface area contributed by atoms with Crippen molar-refractivity contribution < 1.29 is 13.6 Å². The highest BCUT2D eigenvalue weighted by molar-refractivity contribution is 14.2. The Balaban J connectivity index is 1.32. The molecule has 3 heterocycles. The number of urea groups is 1. The minimum absolute atomic E-state index is 0.0360. The van der Waals surface area contributed by atoms with E-state index in [0.29, 0.717) is 28.0 Å². The van der Waals surface area contributed by atoms with Crippen molar-refractivity contribution in [2.45, 2.75) is 50.6 Å². The molecule has 0 unspecified atom stereocenters. The quantitative estimate of drug-likeness (QED) is 0.366. The van der Waals surface area contributed by atoms with Crippen molar-refractivity contribution in [1.29, 1.82) is 0 Å². The number of carbonyl (C=O) groups is 1. The number of benzene rings is 1. The summed E-state index contributed by atoms with van der Waals surface area (Å²) in [6.07, 6.45) is 10.9. The summed E-state index contributed by atoms with van der Waals surface area (Å²) in [4.78, 5) is 23.4. The molecular weight excluding hydrogens is 573 g/mol. The summed E-state index contributed by atoms with van der Waals surface area (Å²) >= 11 is 2.06. The van der Waals surface area contributed by atoms with E-state index in [4.69, 9.17) is 4.98 Å². The van der Waals surface area contributed by atoms with Crippen LogP contribution in [0.4, 0.5) is 19.4 Å². The average molecular weight is 598 g/mol. The highest BCUT2D eigenvalue weighted by Gasteiger charge is 2.26. The lowest BCUT2D eigenvalue weighted by Crippen LogP contribution is -2.47. The monoisotopic (exact) mass is 598 g/mol. The summed E-state index contributed by atoms with van der Waals surface area (Å²) in [5.41, 5.74) is 1.48. The number of rotatable bonds is 5. The first kappa shape index (κ1) is 23.6.